The van der Waals surface area contributed by atoms with Crippen LogP contribution in [0.5, 0.6) is 5.88 Å². The molecule has 0 bridgehead atoms. The summed E-state index contributed by atoms with van der Waals surface area (Å²) in [5, 5.41) is 34.8. The Hall–Kier alpha value is -3.68. The fourth-order valence-corrected chi connectivity index (χ4v) is 4.62. The van der Waals surface area contributed by atoms with Crippen LogP contribution < -0.4 is 10.1 Å². The Bertz CT molecular complexity index is 1270. The number of nitro benzene ring substituents is 1. The van der Waals surface area contributed by atoms with E-state index in [0.717, 1.165) is 25.7 Å². The molecule has 190 valence electrons. The zero-order valence-corrected chi connectivity index (χ0v) is 19.5. The summed E-state index contributed by atoms with van der Waals surface area (Å²) in [5.74, 6) is -0.401. The van der Waals surface area contributed by atoms with Crippen molar-refractivity contribution < 1.29 is 29.4 Å². The van der Waals surface area contributed by atoms with Gasteiger partial charge in [-0.3, -0.25) is 19.5 Å². The largest absolute Gasteiger partial charge is 0.471 e. The number of carbonyl (C=O) groups excluding carboxylic acids is 1. The fraction of sp³-hybridized carbons (Fsp3) is 0.478. The van der Waals surface area contributed by atoms with E-state index < -0.39 is 35.4 Å². The molecule has 0 unspecified atom stereocenters. The molecule has 3 aromatic rings. The van der Waals surface area contributed by atoms with Crippen molar-refractivity contribution >= 4 is 22.8 Å². The van der Waals surface area contributed by atoms with Crippen LogP contribution in [0.3, 0.4) is 0 Å². The number of benzene rings is 1. The molecular weight excluding hydrogens is 472 g/mol. The number of amides is 1. The number of aromatic nitrogens is 4. The molecule has 1 aromatic carbocycles. The lowest BCUT2D eigenvalue weighted by molar-refractivity contribution is -0.384. The Morgan fingerprint density at radius 2 is 1.94 bits per heavy atom. The molecule has 13 nitrogen and oxygen atoms in total. The average Bonchev–Trinajstić information content (AvgIpc) is 3.58. The van der Waals surface area contributed by atoms with Gasteiger partial charge >= 0.3 is 0 Å². The summed E-state index contributed by atoms with van der Waals surface area (Å²) < 4.78 is 13.0. The average molecular weight is 498 g/mol. The fourth-order valence-electron chi connectivity index (χ4n) is 4.62. The van der Waals surface area contributed by atoms with Crippen molar-refractivity contribution in [3.8, 4) is 5.88 Å². The molecule has 0 radical (unpaired) electrons. The number of ether oxygens (including phenoxy) is 2. The van der Waals surface area contributed by atoms with Gasteiger partial charge in [-0.05, 0) is 37.5 Å². The number of carbonyl (C=O) groups is 1. The van der Waals surface area contributed by atoms with Gasteiger partial charge in [-0.2, -0.15) is 4.98 Å². The van der Waals surface area contributed by atoms with Crippen LogP contribution >= 0.6 is 0 Å². The number of nitrogens with zero attached hydrogens (tertiary/aromatic N) is 5. The van der Waals surface area contributed by atoms with Gasteiger partial charge in [0.25, 0.3) is 11.6 Å². The number of hydrogen-bond acceptors (Lipinski definition) is 10. The van der Waals surface area contributed by atoms with Crippen molar-refractivity contribution in [2.24, 2.45) is 0 Å². The molecule has 4 atom stereocenters. The van der Waals surface area contributed by atoms with E-state index in [1.54, 1.807) is 19.1 Å². The predicted octanol–water partition coefficient (Wildman–Crippen LogP) is 1.62. The van der Waals surface area contributed by atoms with Gasteiger partial charge in [0.05, 0.1) is 11.0 Å². The van der Waals surface area contributed by atoms with Crippen LogP contribution in [0, 0.1) is 10.1 Å². The first-order valence-corrected chi connectivity index (χ1v) is 11.7. The summed E-state index contributed by atoms with van der Waals surface area (Å²) in [6.45, 7) is 1.66. The van der Waals surface area contributed by atoms with Crippen molar-refractivity contribution in [2.45, 2.75) is 69.8 Å². The maximum atomic E-state index is 13.3. The number of nitro groups is 1. The minimum absolute atomic E-state index is 0.0219. The van der Waals surface area contributed by atoms with Gasteiger partial charge in [0.2, 0.25) is 11.7 Å². The van der Waals surface area contributed by atoms with Crippen LogP contribution in [-0.4, -0.2) is 64.9 Å². The lowest BCUT2D eigenvalue weighted by Crippen LogP contribution is -2.36. The van der Waals surface area contributed by atoms with Crippen LogP contribution in [0.2, 0.25) is 0 Å². The molecule has 1 amide bonds. The molecule has 2 fully saturated rings. The van der Waals surface area contributed by atoms with Gasteiger partial charge in [-0.25, -0.2) is 9.97 Å². The summed E-state index contributed by atoms with van der Waals surface area (Å²) in [6, 6.07) is 5.91. The standard InChI is InChI=1S/C23H26N6O7/c1-12-17(30)18(31)23(36-12)28-19-16(27-20(28)21(32)26-14-4-2-3-5-14)22(25-11-24-19)35-10-13-6-8-15(9-7-13)29(33)34/h6-9,11-12,14,17-18,23,30-31H,2-5,10H2,1H3,(H,26,32)/t12-,17-,18-,23-/m1/s1. The lowest BCUT2D eigenvalue weighted by Gasteiger charge is -2.20. The molecular formula is C23H26N6O7. The molecule has 2 aliphatic rings. The highest BCUT2D eigenvalue weighted by Gasteiger charge is 2.44. The van der Waals surface area contributed by atoms with Crippen LogP contribution in [0.4, 0.5) is 5.69 Å². The summed E-state index contributed by atoms with van der Waals surface area (Å²) in [4.78, 5) is 36.6. The van der Waals surface area contributed by atoms with Gasteiger partial charge in [0.1, 0.15) is 25.1 Å². The monoisotopic (exact) mass is 498 g/mol. The Morgan fingerprint density at radius 1 is 1.22 bits per heavy atom. The second-order valence-corrected chi connectivity index (χ2v) is 9.04. The molecule has 1 saturated carbocycles. The molecule has 13 heteroatoms. The van der Waals surface area contributed by atoms with Crippen LogP contribution in [0.1, 0.15) is 55.0 Å². The lowest BCUT2D eigenvalue weighted by atomic mass is 10.1. The number of aliphatic hydroxyl groups is 2. The molecule has 3 heterocycles. The SMILES string of the molecule is C[C@H]1O[C@@H](n2c(C(=O)NC3CCCC3)nc3c(OCc4ccc([N+](=O)[O-])cc4)ncnc32)[C@H](O)[C@@H]1O. The van der Waals surface area contributed by atoms with Crippen molar-refractivity contribution in [2.75, 3.05) is 0 Å². The highest BCUT2D eigenvalue weighted by Crippen LogP contribution is 2.34. The first-order valence-electron chi connectivity index (χ1n) is 11.7. The first-order chi connectivity index (χ1) is 17.3. The van der Waals surface area contributed by atoms with Crippen molar-refractivity contribution in [3.05, 3.63) is 52.1 Å². The smallest absolute Gasteiger partial charge is 0.287 e. The van der Waals surface area contributed by atoms with E-state index >= 15 is 0 Å². The van der Waals surface area contributed by atoms with Gasteiger partial charge < -0.3 is 25.0 Å². The first kappa shape index (κ1) is 24.0. The number of hydrogen-bond donors (Lipinski definition) is 3. The predicted molar refractivity (Wildman–Crippen MR) is 124 cm³/mol. The van der Waals surface area contributed by atoms with Gasteiger partial charge in [0.15, 0.2) is 17.4 Å². The molecule has 0 spiro atoms. The Morgan fingerprint density at radius 3 is 2.58 bits per heavy atom. The number of fused-ring (bicyclic) bond motifs is 1. The molecule has 1 saturated heterocycles. The Balaban J connectivity index is 1.49. The molecule has 2 aromatic heterocycles. The third kappa shape index (κ3) is 4.47. The Kier molecular flexibility index (Phi) is 6.51. The highest BCUT2D eigenvalue weighted by molar-refractivity contribution is 5.95. The molecule has 5 rings (SSSR count). The number of rotatable bonds is 7. The van der Waals surface area contributed by atoms with E-state index in [2.05, 4.69) is 20.3 Å². The van der Waals surface area contributed by atoms with Crippen LogP contribution in [-0.2, 0) is 11.3 Å². The van der Waals surface area contributed by atoms with E-state index in [1.165, 1.54) is 23.0 Å². The molecule has 36 heavy (non-hydrogen) atoms. The summed E-state index contributed by atoms with van der Waals surface area (Å²) in [6.07, 6.45) is 0.804. The minimum Gasteiger partial charge on any atom is -0.471 e. The van der Waals surface area contributed by atoms with Gasteiger partial charge in [-0.1, -0.05) is 12.8 Å². The maximum Gasteiger partial charge on any atom is 0.287 e. The second-order valence-electron chi connectivity index (χ2n) is 9.04. The van der Waals surface area contributed by atoms with Crippen molar-refractivity contribution in [1.82, 2.24) is 24.8 Å². The maximum absolute atomic E-state index is 13.3. The molecule has 1 aliphatic heterocycles. The van der Waals surface area contributed by atoms with E-state index in [1.807, 2.05) is 0 Å². The molecule has 3 N–H and O–H groups in total. The number of imidazole rings is 1. The summed E-state index contributed by atoms with van der Waals surface area (Å²) in [5.41, 5.74) is 1.01. The number of non-ortho nitro benzene ring substituents is 1. The van der Waals surface area contributed by atoms with E-state index in [-0.39, 0.29) is 41.2 Å². The molecule has 1 aliphatic carbocycles. The summed E-state index contributed by atoms with van der Waals surface area (Å²) in [7, 11) is 0. The zero-order valence-electron chi connectivity index (χ0n) is 19.5. The zero-order chi connectivity index (χ0) is 25.4. The minimum atomic E-state index is -1.31. The summed E-state index contributed by atoms with van der Waals surface area (Å²) >= 11 is 0. The van der Waals surface area contributed by atoms with E-state index in [4.69, 9.17) is 9.47 Å². The third-order valence-electron chi connectivity index (χ3n) is 6.59. The van der Waals surface area contributed by atoms with E-state index in [0.29, 0.717) is 5.56 Å². The second kappa shape index (κ2) is 9.76. The van der Waals surface area contributed by atoms with Crippen molar-refractivity contribution in [3.63, 3.8) is 0 Å². The number of aliphatic hydroxyl groups excluding tert-OH is 2. The van der Waals surface area contributed by atoms with Gasteiger partial charge in [0, 0.05) is 18.2 Å². The van der Waals surface area contributed by atoms with Crippen LogP contribution in [0.15, 0.2) is 30.6 Å². The van der Waals surface area contributed by atoms with Gasteiger partial charge in [-0.15, -0.1) is 0 Å². The van der Waals surface area contributed by atoms with Crippen molar-refractivity contribution in [1.29, 1.82) is 0 Å². The normalized spacial score (nSPS) is 24.3. The van der Waals surface area contributed by atoms with E-state index in [9.17, 15) is 25.1 Å². The quantitative estimate of drug-likeness (QED) is 0.321. The highest BCUT2D eigenvalue weighted by atomic mass is 16.6. The Labute approximate surface area is 205 Å². The van der Waals surface area contributed by atoms with Crippen LogP contribution in [0.25, 0.3) is 11.2 Å². The number of nitrogens with one attached hydrogen (secondary N) is 1. The topological polar surface area (TPSA) is 175 Å². The third-order valence-corrected chi connectivity index (χ3v) is 6.59.